The van der Waals surface area contributed by atoms with Crippen molar-refractivity contribution in [3.05, 3.63) is 35.9 Å². The second kappa shape index (κ2) is 9.24. The van der Waals surface area contributed by atoms with Gasteiger partial charge in [-0.2, -0.15) is 17.4 Å². The standard InChI is InChI=1S/C15H23N2O8PS/c18-15(19)14-8-4-5-9-17(14)27(23,24)16-13(11-25-26(20,21)22)10-12-6-2-1-3-7-12/h1-3,6-7,13-14,16H,4-5,8-11H2,(H,18,19)(H2,20,21,22)/t13-,14+/m1/s1. The molecule has 1 heterocycles. The molecule has 10 nitrogen and oxygen atoms in total. The highest BCUT2D eigenvalue weighted by atomic mass is 32.2. The first kappa shape index (κ1) is 22.0. The number of carboxylic acids is 1. The lowest BCUT2D eigenvalue weighted by atomic mass is 10.1. The van der Waals surface area contributed by atoms with Crippen molar-refractivity contribution >= 4 is 24.0 Å². The maximum Gasteiger partial charge on any atom is 0.469 e. The minimum Gasteiger partial charge on any atom is -0.480 e. The second-order valence-electron chi connectivity index (χ2n) is 6.26. The summed E-state index contributed by atoms with van der Waals surface area (Å²) < 4.78 is 44.2. The van der Waals surface area contributed by atoms with Crippen LogP contribution in [0.2, 0.25) is 0 Å². The van der Waals surface area contributed by atoms with Gasteiger partial charge in [0.05, 0.1) is 12.6 Å². The van der Waals surface area contributed by atoms with Gasteiger partial charge in [0.15, 0.2) is 0 Å². The van der Waals surface area contributed by atoms with Gasteiger partial charge in [-0.15, -0.1) is 0 Å². The van der Waals surface area contributed by atoms with E-state index < -0.39 is 42.7 Å². The number of carboxylic acid groups (broad SMARTS) is 1. The number of carbonyl (C=O) groups is 1. The number of phosphoric acid groups is 1. The predicted octanol–water partition coefficient (Wildman–Crippen LogP) is 0.481. The van der Waals surface area contributed by atoms with Gasteiger partial charge in [-0.3, -0.25) is 9.32 Å². The first-order valence-electron chi connectivity index (χ1n) is 8.34. The van der Waals surface area contributed by atoms with Crippen LogP contribution in [-0.4, -0.2) is 58.8 Å². The van der Waals surface area contributed by atoms with Gasteiger partial charge in [-0.25, -0.2) is 4.57 Å². The molecule has 1 aromatic carbocycles. The molecule has 0 aliphatic carbocycles. The first-order valence-corrected chi connectivity index (χ1v) is 11.3. The summed E-state index contributed by atoms with van der Waals surface area (Å²) in [7, 11) is -8.99. The topological polar surface area (TPSA) is 153 Å². The molecule has 1 saturated heterocycles. The summed E-state index contributed by atoms with van der Waals surface area (Å²) in [5, 5.41) is 9.29. The summed E-state index contributed by atoms with van der Waals surface area (Å²) in [5.41, 5.74) is 0.730. The number of nitrogens with one attached hydrogen (secondary N) is 1. The van der Waals surface area contributed by atoms with Crippen LogP contribution in [0.15, 0.2) is 30.3 Å². The molecule has 1 aromatic rings. The lowest BCUT2D eigenvalue weighted by molar-refractivity contribution is -0.142. The zero-order chi connectivity index (χ0) is 20.1. The molecule has 0 saturated carbocycles. The minimum atomic E-state index is -4.79. The normalized spacial score (nSPS) is 20.3. The monoisotopic (exact) mass is 422 g/mol. The number of phosphoric ester groups is 1. The van der Waals surface area contributed by atoms with Crippen molar-refractivity contribution in [3.8, 4) is 0 Å². The smallest absolute Gasteiger partial charge is 0.469 e. The zero-order valence-electron chi connectivity index (χ0n) is 14.5. The molecule has 1 aliphatic rings. The van der Waals surface area contributed by atoms with Gasteiger partial charge in [0.2, 0.25) is 0 Å². The highest BCUT2D eigenvalue weighted by molar-refractivity contribution is 7.87. The average molecular weight is 422 g/mol. The SMILES string of the molecule is O=C(O)[C@@H]1CCCCN1S(=O)(=O)N[C@@H](COP(=O)(O)O)Cc1ccccc1. The molecular weight excluding hydrogens is 399 g/mol. The second-order valence-corrected chi connectivity index (χ2v) is 9.15. The van der Waals surface area contributed by atoms with Crippen LogP contribution in [-0.2, 0) is 30.5 Å². The van der Waals surface area contributed by atoms with Crippen LogP contribution >= 0.6 is 7.82 Å². The molecule has 12 heteroatoms. The molecular formula is C15H23N2O8PS. The molecule has 0 aromatic heterocycles. The summed E-state index contributed by atoms with van der Waals surface area (Å²) in [6.07, 6.45) is 1.47. The Bertz CT molecular complexity index is 782. The summed E-state index contributed by atoms with van der Waals surface area (Å²) in [6, 6.07) is 6.59. The van der Waals surface area contributed by atoms with E-state index in [9.17, 15) is 22.9 Å². The molecule has 0 radical (unpaired) electrons. The summed E-state index contributed by atoms with van der Waals surface area (Å²) >= 11 is 0. The van der Waals surface area contributed by atoms with Gasteiger partial charge in [-0.05, 0) is 31.2 Å². The van der Waals surface area contributed by atoms with Gasteiger partial charge in [0.25, 0.3) is 10.2 Å². The van der Waals surface area contributed by atoms with Crippen LogP contribution in [0.4, 0.5) is 0 Å². The summed E-state index contributed by atoms with van der Waals surface area (Å²) in [4.78, 5) is 29.2. The van der Waals surface area contributed by atoms with E-state index in [-0.39, 0.29) is 19.4 Å². The number of aliphatic carboxylic acids is 1. The van der Waals surface area contributed by atoms with E-state index in [4.69, 9.17) is 9.79 Å². The third-order valence-corrected chi connectivity index (χ3v) is 6.30. The maximum atomic E-state index is 12.7. The maximum absolute atomic E-state index is 12.7. The fourth-order valence-corrected chi connectivity index (χ4v) is 4.92. The first-order chi connectivity index (χ1) is 12.6. The molecule has 0 amide bonds. The Morgan fingerprint density at radius 1 is 1.30 bits per heavy atom. The van der Waals surface area contributed by atoms with E-state index in [1.165, 1.54) is 0 Å². The Morgan fingerprint density at radius 3 is 2.56 bits per heavy atom. The fourth-order valence-electron chi connectivity index (χ4n) is 2.94. The van der Waals surface area contributed by atoms with E-state index >= 15 is 0 Å². The molecule has 2 atom stereocenters. The van der Waals surface area contributed by atoms with Gasteiger partial charge in [-0.1, -0.05) is 30.3 Å². The lowest BCUT2D eigenvalue weighted by Gasteiger charge is -2.33. The molecule has 0 unspecified atom stereocenters. The number of nitrogens with zero attached hydrogens (tertiary/aromatic N) is 1. The Labute approximate surface area is 157 Å². The van der Waals surface area contributed by atoms with E-state index in [1.807, 2.05) is 0 Å². The van der Waals surface area contributed by atoms with Crippen LogP contribution in [0, 0.1) is 0 Å². The molecule has 2 rings (SSSR count). The lowest BCUT2D eigenvalue weighted by Crippen LogP contribution is -2.55. The quantitative estimate of drug-likeness (QED) is 0.419. The molecule has 0 bridgehead atoms. The molecule has 152 valence electrons. The van der Waals surface area contributed by atoms with Gasteiger partial charge < -0.3 is 14.9 Å². The third kappa shape index (κ3) is 6.96. The Hall–Kier alpha value is -1.33. The van der Waals surface area contributed by atoms with Crippen LogP contribution in [0.25, 0.3) is 0 Å². The van der Waals surface area contributed by atoms with Crippen molar-refractivity contribution in [3.63, 3.8) is 0 Å². The molecule has 0 spiro atoms. The van der Waals surface area contributed by atoms with Gasteiger partial charge in [0, 0.05) is 6.54 Å². The van der Waals surface area contributed by atoms with Crippen molar-refractivity contribution in [1.29, 1.82) is 0 Å². The minimum absolute atomic E-state index is 0.0592. The van der Waals surface area contributed by atoms with Crippen molar-refractivity contribution in [2.75, 3.05) is 13.2 Å². The number of hydrogen-bond acceptors (Lipinski definition) is 5. The van der Waals surface area contributed by atoms with Crippen molar-refractivity contribution in [2.45, 2.75) is 37.8 Å². The largest absolute Gasteiger partial charge is 0.480 e. The average Bonchev–Trinajstić information content (AvgIpc) is 2.60. The van der Waals surface area contributed by atoms with E-state index in [0.29, 0.717) is 12.8 Å². The Balaban J connectivity index is 2.18. The molecule has 1 aliphatic heterocycles. The fraction of sp³-hybridized carbons (Fsp3) is 0.533. The van der Waals surface area contributed by atoms with Crippen LogP contribution in [0.1, 0.15) is 24.8 Å². The summed E-state index contributed by atoms with van der Waals surface area (Å²) in [5.74, 6) is -1.23. The number of hydrogen-bond donors (Lipinski definition) is 4. The van der Waals surface area contributed by atoms with Gasteiger partial charge >= 0.3 is 13.8 Å². The molecule has 4 N–H and O–H groups in total. The van der Waals surface area contributed by atoms with Crippen molar-refractivity contribution in [1.82, 2.24) is 9.03 Å². The van der Waals surface area contributed by atoms with Crippen molar-refractivity contribution in [2.24, 2.45) is 0 Å². The highest BCUT2D eigenvalue weighted by Crippen LogP contribution is 2.36. The Morgan fingerprint density at radius 2 is 1.96 bits per heavy atom. The highest BCUT2D eigenvalue weighted by Gasteiger charge is 2.38. The van der Waals surface area contributed by atoms with Crippen LogP contribution in [0.5, 0.6) is 0 Å². The Kier molecular flexibility index (Phi) is 7.52. The number of piperidine rings is 1. The predicted molar refractivity (Wildman–Crippen MR) is 96.0 cm³/mol. The van der Waals surface area contributed by atoms with Crippen LogP contribution in [0.3, 0.4) is 0 Å². The van der Waals surface area contributed by atoms with Gasteiger partial charge in [0.1, 0.15) is 6.04 Å². The summed E-state index contributed by atoms with van der Waals surface area (Å²) in [6.45, 7) is -0.506. The number of benzene rings is 1. The van der Waals surface area contributed by atoms with E-state index in [1.54, 1.807) is 30.3 Å². The zero-order valence-corrected chi connectivity index (χ0v) is 16.2. The van der Waals surface area contributed by atoms with E-state index in [0.717, 1.165) is 9.87 Å². The number of rotatable bonds is 9. The molecule has 1 fully saturated rings. The van der Waals surface area contributed by atoms with E-state index in [2.05, 4.69) is 9.25 Å². The third-order valence-electron chi connectivity index (χ3n) is 4.13. The van der Waals surface area contributed by atoms with Crippen LogP contribution < -0.4 is 4.72 Å². The van der Waals surface area contributed by atoms with Crippen molar-refractivity contribution < 1.29 is 37.2 Å². The molecule has 27 heavy (non-hydrogen) atoms.